The van der Waals surface area contributed by atoms with Gasteiger partial charge in [0.2, 0.25) is 0 Å². The quantitative estimate of drug-likeness (QED) is 0.0459. The Morgan fingerprint density at radius 2 is 0.633 bits per heavy atom. The van der Waals surface area contributed by atoms with E-state index < -0.39 is 155 Å². The Morgan fingerprint density at radius 1 is 0.367 bits per heavy atom. The fourth-order valence-electron chi connectivity index (χ4n) is 13.4. The Morgan fingerprint density at radius 3 is 0.927 bits per heavy atom. The van der Waals surface area contributed by atoms with Gasteiger partial charge in [-0.2, -0.15) is 0 Å². The average molecular weight is 1810 g/mol. The zero-order chi connectivity index (χ0) is 81.3. The van der Waals surface area contributed by atoms with Crippen molar-refractivity contribution in [2.24, 2.45) is 5.92 Å². The molecule has 4 N–H and O–H groups in total. The predicted molar refractivity (Wildman–Crippen MR) is 432 cm³/mol. The molecule has 11 atom stereocenters. The highest BCUT2D eigenvalue weighted by molar-refractivity contribution is 7.98. The molecule has 6 heterocycles. The number of hydrogen-bond acceptors (Lipinski definition) is 25. The zero-order valence-electron chi connectivity index (χ0n) is 61.1. The molecule has 0 aliphatic carbocycles. The molecular weight excluding hydrogens is 1720 g/mol. The van der Waals surface area contributed by atoms with Crippen molar-refractivity contribution in [2.75, 3.05) is 83.7 Å². The minimum atomic E-state index is -3.73. The highest BCUT2D eigenvalue weighted by atomic mass is 35.5. The molecule has 6 saturated heterocycles. The normalized spacial score (nSPS) is 25.9. The second-order valence-electron chi connectivity index (χ2n) is 28.7. The SMILES string of the molecule is CC(C)CN[C@H]1CS(=O)(=O)C[C@@H]1S(=O)(=O)c1ccc(Cl)cc1.CC(C)N[C@H]1CS(=O)(=O)C[C@@H]1S(=O)(=O)c1ccc(Cl)cc1.CCC(C)N[C@H]1CS(=O)(=O)C[C@@H]1S(=O)(=O)c1ccc(Cl)cc1.CCCCN[C@H]1CS(=O)(=O)C[C@@H]1S(=O)(=O)c1ccc(Cl)cc1.O=S1(=O)C[C@H](N2CCCC2)[C@@H](S(=O)(=O)c2ccc(Cl)cc2)C1. The van der Waals surface area contributed by atoms with Crippen molar-refractivity contribution in [3.05, 3.63) is 146 Å². The van der Waals surface area contributed by atoms with E-state index in [1.807, 2.05) is 53.4 Å². The lowest BCUT2D eigenvalue weighted by atomic mass is 10.2. The third kappa shape index (κ3) is 25.7. The Bertz CT molecular complexity index is 5140. The first-order valence-electron chi connectivity index (χ1n) is 35.2. The summed E-state index contributed by atoms with van der Waals surface area (Å²) in [5, 5.41) is 9.84. The number of unbranched alkanes of at least 4 members (excludes halogenated alkanes) is 1. The minimum Gasteiger partial charge on any atom is -0.312 e. The Labute approximate surface area is 670 Å². The molecule has 5 aromatic rings. The molecule has 40 heteroatoms. The maximum absolute atomic E-state index is 12.9. The van der Waals surface area contributed by atoms with Crippen molar-refractivity contribution in [2.45, 2.75) is 174 Å². The van der Waals surface area contributed by atoms with Crippen LogP contribution >= 0.6 is 58.0 Å². The first-order valence-corrected chi connectivity index (χ1v) is 53.9. The van der Waals surface area contributed by atoms with Gasteiger partial charge in [0.05, 0.1) is 108 Å². The van der Waals surface area contributed by atoms with Crippen LogP contribution in [0.3, 0.4) is 0 Å². The summed E-state index contributed by atoms with van der Waals surface area (Å²) in [6.07, 6.45) is 4.62. The summed E-state index contributed by atoms with van der Waals surface area (Å²) in [4.78, 5) is 2.59. The summed E-state index contributed by atoms with van der Waals surface area (Å²) < 4.78 is 247. The third-order valence-corrected chi connectivity index (χ3v) is 41.2. The van der Waals surface area contributed by atoms with Gasteiger partial charge in [0.1, 0.15) is 0 Å². The molecule has 6 fully saturated rings. The lowest BCUT2D eigenvalue weighted by Gasteiger charge is -2.27. The molecule has 1 unspecified atom stereocenters. The van der Waals surface area contributed by atoms with Crippen molar-refractivity contribution in [1.29, 1.82) is 0 Å². The number of likely N-dealkylation sites (tertiary alicyclic amines) is 1. The predicted octanol–water partition coefficient (Wildman–Crippen LogP) is 7.51. The number of benzene rings is 5. The van der Waals surface area contributed by atoms with E-state index in [4.69, 9.17) is 58.0 Å². The van der Waals surface area contributed by atoms with Gasteiger partial charge in [0.15, 0.2) is 98.4 Å². The molecule has 0 saturated carbocycles. The highest BCUT2D eigenvalue weighted by Crippen LogP contribution is 2.35. The van der Waals surface area contributed by atoms with Gasteiger partial charge in [-0.1, -0.05) is 106 Å². The van der Waals surface area contributed by atoms with Crippen molar-refractivity contribution < 1.29 is 84.2 Å². The molecule has 0 spiro atoms. The van der Waals surface area contributed by atoms with Gasteiger partial charge in [0, 0.05) is 67.4 Å². The second-order valence-corrected chi connectivity index (χ2v) is 52.5. The average Bonchev–Trinajstić information content (AvgIpc) is 1.67. The highest BCUT2D eigenvalue weighted by Gasteiger charge is 2.51. The summed E-state index contributed by atoms with van der Waals surface area (Å²) in [6.45, 7) is 16.3. The van der Waals surface area contributed by atoms with Gasteiger partial charge in [-0.15, -0.1) is 0 Å². The van der Waals surface area contributed by atoms with Crippen LogP contribution in [-0.2, 0) is 98.4 Å². The first kappa shape index (κ1) is 93.0. The topological polar surface area (TPSA) is 393 Å². The van der Waals surface area contributed by atoms with Crippen LogP contribution in [0.1, 0.15) is 80.6 Å². The molecule has 612 valence electrons. The number of sulfone groups is 10. The van der Waals surface area contributed by atoms with Crippen molar-refractivity contribution in [3.8, 4) is 0 Å². The Hall–Kier alpha value is -3.15. The molecule has 25 nitrogen and oxygen atoms in total. The standard InChI is InChI=1S/C14H18ClNO4S2.3C14H20ClNO4S2.C13H18ClNO4S2/c15-11-3-5-12(6-4-11)22(19,20)14-10-21(17,18)9-13(14)16-7-1-2-8-16;1-10(2)7-16-13-8-21(17,18)9-14(13)22(19,20)12-5-3-11(15)4-6-12;1-3-10(2)16-13-8-21(17,18)9-14(13)22(19,20)12-6-4-11(15)5-7-12;1-2-3-8-16-13-9-21(17,18)10-14(13)22(19,20)12-6-4-11(15)5-7-12;1-9(2)15-12-7-20(16,17)8-13(12)21(18,19)11-5-3-10(14)4-6-11/h3-6,13-14H,1-2,7-10H2;3-6,10,13-14,16H,7-9H2,1-2H3;4-7,10,13-14,16H,3,8-9H2,1-2H3;4-7,13-14,16H,2-3,8-10H2,1H3;3-6,9,12-13,15H,7-8H2,1-2H3/t2*13-,14-;10?,13-,14-;13-,14-;12-,13-/m00000/s1. The molecule has 0 radical (unpaired) electrons. The van der Waals surface area contributed by atoms with E-state index in [0.29, 0.717) is 44.1 Å². The fraction of sp³-hybridized carbons (Fsp3) is 0.565. The third-order valence-electron chi connectivity index (χ3n) is 19.2. The van der Waals surface area contributed by atoms with Gasteiger partial charge >= 0.3 is 0 Å². The van der Waals surface area contributed by atoms with Gasteiger partial charge < -0.3 is 21.3 Å². The first-order chi connectivity index (χ1) is 50.4. The Balaban J connectivity index is 0.000000190. The molecule has 6 aliphatic rings. The van der Waals surface area contributed by atoms with Gasteiger partial charge in [-0.05, 0) is 186 Å². The molecule has 0 bridgehead atoms. The smallest absolute Gasteiger partial charge is 0.183 e. The fourth-order valence-corrected chi connectivity index (χ4v) is 37.7. The summed E-state index contributed by atoms with van der Waals surface area (Å²) in [7, 11) is -35.3. The minimum absolute atomic E-state index is 0.00576. The number of halogens is 5. The van der Waals surface area contributed by atoms with Crippen LogP contribution in [-0.4, -0.2) is 241 Å². The van der Waals surface area contributed by atoms with Gasteiger partial charge in [-0.3, -0.25) is 4.90 Å². The largest absolute Gasteiger partial charge is 0.312 e. The maximum Gasteiger partial charge on any atom is 0.183 e. The molecule has 109 heavy (non-hydrogen) atoms. The van der Waals surface area contributed by atoms with Crippen LogP contribution in [0.25, 0.3) is 0 Å². The van der Waals surface area contributed by atoms with Gasteiger partial charge in [-0.25, -0.2) is 84.2 Å². The Kier molecular flexibility index (Phi) is 32.7. The molecule has 5 aromatic carbocycles. The summed E-state index contributed by atoms with van der Waals surface area (Å²) in [5.41, 5.74) is 0. The molecular formula is C69H96Cl5N5O20S10. The van der Waals surface area contributed by atoms with E-state index in [1.54, 1.807) is 0 Å². The van der Waals surface area contributed by atoms with Crippen LogP contribution in [0, 0.1) is 5.92 Å². The number of hydrogen-bond donors (Lipinski definition) is 4. The van der Waals surface area contributed by atoms with E-state index in [9.17, 15) is 84.2 Å². The van der Waals surface area contributed by atoms with Crippen LogP contribution in [0.2, 0.25) is 25.1 Å². The number of nitrogens with zero attached hydrogens (tertiary/aromatic N) is 1. The van der Waals surface area contributed by atoms with E-state index in [2.05, 4.69) is 21.3 Å². The lowest BCUT2D eigenvalue weighted by Crippen LogP contribution is -2.46. The van der Waals surface area contributed by atoms with Crippen molar-refractivity contribution in [1.82, 2.24) is 26.2 Å². The molecule has 0 aromatic heterocycles. The molecule has 11 rings (SSSR count). The lowest BCUT2D eigenvalue weighted by molar-refractivity contribution is 0.264. The van der Waals surface area contributed by atoms with E-state index in [-0.39, 0.29) is 94.1 Å². The van der Waals surface area contributed by atoms with E-state index in [1.165, 1.54) is 121 Å². The molecule has 6 aliphatic heterocycles. The summed E-state index contributed by atoms with van der Waals surface area (Å²) >= 11 is 28.9. The van der Waals surface area contributed by atoms with E-state index >= 15 is 0 Å². The molecule has 0 amide bonds. The van der Waals surface area contributed by atoms with Crippen LogP contribution in [0.15, 0.2) is 146 Å². The number of rotatable bonds is 23. The van der Waals surface area contributed by atoms with Crippen LogP contribution < -0.4 is 21.3 Å². The zero-order valence-corrected chi connectivity index (χ0v) is 73.0. The second kappa shape index (κ2) is 38.3. The van der Waals surface area contributed by atoms with Crippen molar-refractivity contribution >= 4 is 156 Å². The summed E-state index contributed by atoms with van der Waals surface area (Å²) in [6, 6.07) is 26.5. The summed E-state index contributed by atoms with van der Waals surface area (Å²) in [5.74, 6) is -1.97. The van der Waals surface area contributed by atoms with Gasteiger partial charge in [0.25, 0.3) is 0 Å². The van der Waals surface area contributed by atoms with Crippen LogP contribution in [0.5, 0.6) is 0 Å². The van der Waals surface area contributed by atoms with Crippen LogP contribution in [0.4, 0.5) is 0 Å². The monoisotopic (exact) mass is 1810 g/mol. The van der Waals surface area contributed by atoms with Crippen molar-refractivity contribution in [3.63, 3.8) is 0 Å². The number of nitrogens with one attached hydrogen (secondary N) is 4. The maximum atomic E-state index is 12.9. The van der Waals surface area contributed by atoms with E-state index in [0.717, 1.165) is 45.2 Å².